The van der Waals surface area contributed by atoms with Crippen LogP contribution in [0.3, 0.4) is 0 Å². The molecule has 1 fully saturated rings. The third-order valence-corrected chi connectivity index (χ3v) is 6.48. The first-order valence-electron chi connectivity index (χ1n) is 11.2. The molecule has 0 aromatic rings. The second-order valence-electron chi connectivity index (χ2n) is 13.0. The van der Waals surface area contributed by atoms with Gasteiger partial charge in [0.1, 0.15) is 0 Å². The van der Waals surface area contributed by atoms with Crippen LogP contribution in [0.4, 0.5) is 0 Å². The zero-order valence-electron chi connectivity index (χ0n) is 20.4. The number of methoxy groups -OCH3 is 1. The minimum atomic E-state index is -0.281. The van der Waals surface area contributed by atoms with Crippen LogP contribution in [0.2, 0.25) is 0 Å². The van der Waals surface area contributed by atoms with Crippen LogP contribution >= 0.6 is 0 Å². The highest BCUT2D eigenvalue weighted by atomic mass is 16.5. The van der Waals surface area contributed by atoms with Crippen molar-refractivity contribution in [3.8, 4) is 0 Å². The minimum absolute atomic E-state index is 0.0843. The van der Waals surface area contributed by atoms with Crippen molar-refractivity contribution < 1.29 is 14.6 Å². The molecule has 3 unspecified atom stereocenters. The summed E-state index contributed by atoms with van der Waals surface area (Å²) in [5.74, 6) is 1.05. The lowest BCUT2D eigenvalue weighted by Gasteiger charge is -2.40. The van der Waals surface area contributed by atoms with E-state index in [1.54, 1.807) is 0 Å². The Morgan fingerprint density at radius 2 is 1.54 bits per heavy atom. The number of hydrogen-bond acceptors (Lipinski definition) is 3. The number of aliphatic hydroxyl groups excluding tert-OH is 1. The van der Waals surface area contributed by atoms with Gasteiger partial charge in [-0.3, -0.25) is 4.79 Å². The van der Waals surface area contributed by atoms with Crippen LogP contribution in [0.15, 0.2) is 0 Å². The zero-order valence-corrected chi connectivity index (χ0v) is 20.4. The molecule has 0 spiro atoms. The van der Waals surface area contributed by atoms with Gasteiger partial charge >= 0.3 is 5.97 Å². The first-order chi connectivity index (χ1) is 12.5. The molecule has 0 aliphatic heterocycles. The molecule has 3 heteroatoms. The van der Waals surface area contributed by atoms with Crippen molar-refractivity contribution in [1.82, 2.24) is 0 Å². The summed E-state index contributed by atoms with van der Waals surface area (Å²) in [6.07, 6.45) is 6.63. The van der Waals surface area contributed by atoms with Gasteiger partial charge in [0.2, 0.25) is 0 Å². The first kappa shape index (κ1) is 25.5. The molecular formula is C25H48O3. The average Bonchev–Trinajstić information content (AvgIpc) is 3.17. The molecule has 0 bridgehead atoms. The predicted octanol–water partition coefficient (Wildman–Crippen LogP) is 6.62. The topological polar surface area (TPSA) is 46.5 Å². The number of esters is 1. The summed E-state index contributed by atoms with van der Waals surface area (Å²) >= 11 is 0. The van der Waals surface area contributed by atoms with Crippen molar-refractivity contribution in [3.05, 3.63) is 0 Å². The van der Waals surface area contributed by atoms with Crippen molar-refractivity contribution in [2.24, 2.45) is 33.5 Å². The van der Waals surface area contributed by atoms with E-state index in [9.17, 15) is 9.90 Å². The molecule has 3 nitrogen and oxygen atoms in total. The summed E-state index contributed by atoms with van der Waals surface area (Å²) in [5.41, 5.74) is 0.631. The monoisotopic (exact) mass is 396 g/mol. The first-order valence-corrected chi connectivity index (χ1v) is 11.2. The largest absolute Gasteiger partial charge is 0.469 e. The van der Waals surface area contributed by atoms with Crippen LogP contribution in [-0.2, 0) is 9.53 Å². The molecular weight excluding hydrogens is 348 g/mol. The average molecular weight is 397 g/mol. The summed E-state index contributed by atoms with van der Waals surface area (Å²) < 4.78 is 4.80. The van der Waals surface area contributed by atoms with Crippen LogP contribution in [0, 0.1) is 33.5 Å². The molecule has 0 aromatic heterocycles. The summed E-state index contributed by atoms with van der Waals surface area (Å²) in [5, 5.41) is 11.0. The van der Waals surface area contributed by atoms with Gasteiger partial charge < -0.3 is 9.84 Å². The van der Waals surface area contributed by atoms with Gasteiger partial charge in [-0.1, -0.05) is 62.3 Å². The number of carbonyl (C=O) groups excluding carboxylic acids is 1. The smallest absolute Gasteiger partial charge is 0.305 e. The van der Waals surface area contributed by atoms with Crippen LogP contribution in [0.5, 0.6) is 0 Å². The highest BCUT2D eigenvalue weighted by molar-refractivity contribution is 5.69. The van der Waals surface area contributed by atoms with Gasteiger partial charge in [-0.2, -0.15) is 0 Å². The van der Waals surface area contributed by atoms with E-state index in [4.69, 9.17) is 4.74 Å². The number of ether oxygens (including phenoxy) is 1. The molecule has 0 radical (unpaired) electrons. The van der Waals surface area contributed by atoms with Crippen molar-refractivity contribution >= 4 is 5.97 Å². The van der Waals surface area contributed by atoms with E-state index in [-0.39, 0.29) is 28.3 Å². The maximum Gasteiger partial charge on any atom is 0.305 e. The molecule has 1 aliphatic carbocycles. The third kappa shape index (κ3) is 9.29. The Morgan fingerprint density at radius 1 is 0.964 bits per heavy atom. The lowest BCUT2D eigenvalue weighted by atomic mass is 9.67. The van der Waals surface area contributed by atoms with Crippen LogP contribution in [0.1, 0.15) is 107 Å². The number of hydrogen-bond donors (Lipinski definition) is 1. The SMILES string of the molecule is COC(=O)CC1CC1CC(C)(C)CC(C)(C)C(O)CCC(C)(C)CC(C)(C)C. The van der Waals surface area contributed by atoms with E-state index < -0.39 is 0 Å². The van der Waals surface area contributed by atoms with Gasteiger partial charge in [0.15, 0.2) is 0 Å². The molecule has 0 amide bonds. The van der Waals surface area contributed by atoms with Crippen molar-refractivity contribution in [2.75, 3.05) is 7.11 Å². The highest BCUT2D eigenvalue weighted by Crippen LogP contribution is 2.51. The van der Waals surface area contributed by atoms with Crippen LogP contribution in [0.25, 0.3) is 0 Å². The maximum atomic E-state index is 11.5. The van der Waals surface area contributed by atoms with Gasteiger partial charge in [-0.25, -0.2) is 0 Å². The molecule has 3 atom stereocenters. The number of carbonyl (C=O) groups is 1. The quantitative estimate of drug-likeness (QED) is 0.399. The van der Waals surface area contributed by atoms with Crippen LogP contribution < -0.4 is 0 Å². The Hall–Kier alpha value is -0.570. The number of aliphatic hydroxyl groups is 1. The fourth-order valence-corrected chi connectivity index (χ4v) is 5.68. The molecule has 1 aliphatic rings. The molecule has 0 saturated heterocycles. The van der Waals surface area contributed by atoms with Crippen molar-refractivity contribution in [2.45, 2.75) is 113 Å². The van der Waals surface area contributed by atoms with E-state index in [1.807, 2.05) is 0 Å². The Labute approximate surface area is 175 Å². The minimum Gasteiger partial charge on any atom is -0.469 e. The van der Waals surface area contributed by atoms with Gasteiger partial charge in [-0.05, 0) is 72.0 Å². The predicted molar refractivity (Wildman–Crippen MR) is 118 cm³/mol. The zero-order chi connectivity index (χ0) is 22.0. The lowest BCUT2D eigenvalue weighted by Crippen LogP contribution is -2.35. The summed E-state index contributed by atoms with van der Waals surface area (Å²) in [6, 6.07) is 0. The Balaban J connectivity index is 2.53. The van der Waals surface area contributed by atoms with Crippen molar-refractivity contribution in [3.63, 3.8) is 0 Å². The highest BCUT2D eigenvalue weighted by Gasteiger charge is 2.44. The standard InChI is InChI=1S/C25H48O3/c1-22(2,3)16-23(4,5)12-11-20(26)25(8,9)17-24(6,7)15-19-13-18(19)14-21(27)28-10/h18-20,26H,11-17H2,1-10H3. The Bertz CT molecular complexity index is 510. The van der Waals surface area contributed by atoms with Gasteiger partial charge in [0.05, 0.1) is 13.2 Å². The van der Waals surface area contributed by atoms with E-state index in [2.05, 4.69) is 62.3 Å². The van der Waals surface area contributed by atoms with E-state index in [0.717, 1.165) is 32.1 Å². The Morgan fingerprint density at radius 3 is 2.04 bits per heavy atom. The number of rotatable bonds is 11. The second kappa shape index (κ2) is 9.06. The lowest BCUT2D eigenvalue weighted by molar-refractivity contribution is -0.141. The van der Waals surface area contributed by atoms with E-state index >= 15 is 0 Å². The van der Waals surface area contributed by atoms with Crippen molar-refractivity contribution in [1.29, 1.82) is 0 Å². The molecule has 1 N–H and O–H groups in total. The van der Waals surface area contributed by atoms with Gasteiger partial charge in [-0.15, -0.1) is 0 Å². The van der Waals surface area contributed by atoms with Gasteiger partial charge in [0, 0.05) is 6.42 Å². The third-order valence-electron chi connectivity index (χ3n) is 6.48. The molecule has 28 heavy (non-hydrogen) atoms. The second-order valence-corrected chi connectivity index (χ2v) is 13.0. The van der Waals surface area contributed by atoms with E-state index in [1.165, 1.54) is 13.5 Å². The molecule has 0 heterocycles. The molecule has 1 rings (SSSR count). The van der Waals surface area contributed by atoms with Gasteiger partial charge in [0.25, 0.3) is 0 Å². The Kier molecular flexibility index (Phi) is 8.24. The fraction of sp³-hybridized carbons (Fsp3) is 0.960. The molecule has 1 saturated carbocycles. The van der Waals surface area contributed by atoms with E-state index in [0.29, 0.717) is 23.7 Å². The normalized spacial score (nSPS) is 22.1. The fourth-order valence-electron chi connectivity index (χ4n) is 5.68. The maximum absolute atomic E-state index is 11.5. The summed E-state index contributed by atoms with van der Waals surface area (Å²) in [4.78, 5) is 11.5. The summed E-state index contributed by atoms with van der Waals surface area (Å²) in [6.45, 7) is 20.6. The van der Waals surface area contributed by atoms with Crippen LogP contribution in [-0.4, -0.2) is 24.3 Å². The summed E-state index contributed by atoms with van der Waals surface area (Å²) in [7, 11) is 1.47. The molecule has 0 aromatic carbocycles. The molecule has 166 valence electrons.